The van der Waals surface area contributed by atoms with Gasteiger partial charge in [0, 0.05) is 0 Å². The lowest BCUT2D eigenvalue weighted by atomic mass is 10.2. The van der Waals surface area contributed by atoms with Crippen LogP contribution in [0, 0.1) is 0 Å². The first-order valence-corrected chi connectivity index (χ1v) is 4.03. The van der Waals surface area contributed by atoms with E-state index in [9.17, 15) is 4.79 Å². The average Bonchev–Trinajstić information content (AvgIpc) is 2.23. The van der Waals surface area contributed by atoms with Crippen LogP contribution in [0.1, 0.15) is 5.56 Å². The molecule has 0 saturated heterocycles. The van der Waals surface area contributed by atoms with Crippen LogP contribution in [0.25, 0.3) is 11.0 Å². The van der Waals surface area contributed by atoms with Crippen molar-refractivity contribution in [3.05, 3.63) is 46.3 Å². The number of hydrogen-bond acceptors (Lipinski definition) is 3. The SMILES string of the molecule is O=c1c(/C=N/[OH2+])coc2ccccc12. The standard InChI is InChI=1S/C10H7NO3/c12-10-7(5-11-13)6-14-9-4-2-1-3-8(9)10/h1-6,13H/p+1/b11-5+. The predicted molar refractivity (Wildman–Crippen MR) is 53.7 cm³/mol. The van der Waals surface area contributed by atoms with Gasteiger partial charge in [-0.2, -0.15) is 0 Å². The Bertz CT molecular complexity index is 542. The van der Waals surface area contributed by atoms with Gasteiger partial charge in [0.1, 0.15) is 18.1 Å². The van der Waals surface area contributed by atoms with Crippen molar-refractivity contribution in [1.29, 1.82) is 0 Å². The van der Waals surface area contributed by atoms with Gasteiger partial charge in [-0.1, -0.05) is 12.1 Å². The summed E-state index contributed by atoms with van der Waals surface area (Å²) in [6.45, 7) is 0. The molecule has 70 valence electrons. The second-order valence-corrected chi connectivity index (χ2v) is 2.77. The number of para-hydroxylation sites is 1. The van der Waals surface area contributed by atoms with Crippen LogP contribution in [0.5, 0.6) is 0 Å². The average molecular weight is 190 g/mol. The van der Waals surface area contributed by atoms with Gasteiger partial charge in [0.25, 0.3) is 0 Å². The van der Waals surface area contributed by atoms with E-state index in [0.717, 1.165) is 6.21 Å². The predicted octanol–water partition coefficient (Wildman–Crippen LogP) is 0.851. The molecule has 2 rings (SSSR count). The molecule has 0 fully saturated rings. The summed E-state index contributed by atoms with van der Waals surface area (Å²) in [7, 11) is 0. The molecule has 14 heavy (non-hydrogen) atoms. The molecule has 1 aromatic heterocycles. The van der Waals surface area contributed by atoms with Gasteiger partial charge in [-0.3, -0.25) is 4.79 Å². The highest BCUT2D eigenvalue weighted by molar-refractivity contribution is 5.85. The summed E-state index contributed by atoms with van der Waals surface area (Å²) in [6.07, 6.45) is 2.47. The number of nitrogens with zero attached hydrogens (tertiary/aromatic N) is 1. The highest BCUT2D eigenvalue weighted by atomic mass is 16.4. The Morgan fingerprint density at radius 3 is 2.93 bits per heavy atom. The maximum absolute atomic E-state index is 11.7. The Labute approximate surface area is 79.1 Å². The molecule has 0 amide bonds. The molecule has 0 unspecified atom stereocenters. The first-order chi connectivity index (χ1) is 6.83. The molecule has 1 heterocycles. The van der Waals surface area contributed by atoms with Gasteiger partial charge in [-0.05, 0) is 12.1 Å². The van der Waals surface area contributed by atoms with Gasteiger partial charge >= 0.3 is 0 Å². The van der Waals surface area contributed by atoms with E-state index in [1.165, 1.54) is 6.26 Å². The number of rotatable bonds is 1. The molecular formula is C10H8NO3+. The Kier molecular flexibility index (Phi) is 2.02. The van der Waals surface area contributed by atoms with Crippen molar-refractivity contribution in [3.8, 4) is 0 Å². The Morgan fingerprint density at radius 2 is 2.14 bits per heavy atom. The number of benzene rings is 1. The molecule has 0 atom stereocenters. The van der Waals surface area contributed by atoms with Crippen LogP contribution in [0.15, 0.2) is 44.9 Å². The van der Waals surface area contributed by atoms with E-state index in [-0.39, 0.29) is 5.43 Å². The van der Waals surface area contributed by atoms with Crippen molar-refractivity contribution in [2.24, 2.45) is 5.16 Å². The van der Waals surface area contributed by atoms with Gasteiger partial charge in [0.15, 0.2) is 0 Å². The Balaban J connectivity index is 2.82. The van der Waals surface area contributed by atoms with Crippen LogP contribution in [-0.4, -0.2) is 11.4 Å². The van der Waals surface area contributed by atoms with E-state index in [0.29, 0.717) is 16.5 Å². The van der Waals surface area contributed by atoms with Gasteiger partial charge in [-0.15, -0.1) is 0 Å². The summed E-state index contributed by atoms with van der Waals surface area (Å²) in [5, 5.41) is 10.2. The normalized spacial score (nSPS) is 11.1. The van der Waals surface area contributed by atoms with Gasteiger partial charge in [0.2, 0.25) is 5.43 Å². The van der Waals surface area contributed by atoms with E-state index in [2.05, 4.69) is 5.16 Å². The maximum atomic E-state index is 11.7. The lowest BCUT2D eigenvalue weighted by molar-refractivity contribution is 0.321. The molecule has 1 aromatic carbocycles. The zero-order chi connectivity index (χ0) is 9.97. The minimum atomic E-state index is -0.164. The van der Waals surface area contributed by atoms with Crippen LogP contribution >= 0.6 is 0 Å². The van der Waals surface area contributed by atoms with Crippen molar-refractivity contribution < 1.29 is 9.62 Å². The first-order valence-electron chi connectivity index (χ1n) is 4.03. The van der Waals surface area contributed by atoms with Crippen LogP contribution in [0.4, 0.5) is 0 Å². The maximum Gasteiger partial charge on any atom is 0.201 e. The van der Waals surface area contributed by atoms with Gasteiger partial charge in [-0.25, -0.2) is 0 Å². The summed E-state index contributed by atoms with van der Waals surface area (Å²) in [4.78, 5) is 11.7. The second-order valence-electron chi connectivity index (χ2n) is 2.77. The summed E-state index contributed by atoms with van der Waals surface area (Å²) >= 11 is 0. The van der Waals surface area contributed by atoms with Crippen LogP contribution in [0.3, 0.4) is 0 Å². The third kappa shape index (κ3) is 1.26. The van der Waals surface area contributed by atoms with Crippen LogP contribution in [-0.2, 0) is 0 Å². The smallest absolute Gasteiger partial charge is 0.201 e. The largest absolute Gasteiger partial charge is 0.469 e. The van der Waals surface area contributed by atoms with Crippen molar-refractivity contribution in [1.82, 2.24) is 0 Å². The lowest BCUT2D eigenvalue weighted by Crippen LogP contribution is -2.07. The summed E-state index contributed by atoms with van der Waals surface area (Å²) in [5.74, 6) is 0. The lowest BCUT2D eigenvalue weighted by Gasteiger charge is -1.95. The fourth-order valence-electron chi connectivity index (χ4n) is 1.25. The second kappa shape index (κ2) is 3.33. The molecule has 2 N–H and O–H groups in total. The zero-order valence-electron chi connectivity index (χ0n) is 7.23. The molecule has 0 aliphatic heterocycles. The third-order valence-electron chi connectivity index (χ3n) is 1.91. The number of fused-ring (bicyclic) bond motifs is 1. The van der Waals surface area contributed by atoms with Crippen LogP contribution < -0.4 is 5.43 Å². The van der Waals surface area contributed by atoms with E-state index in [1.54, 1.807) is 24.3 Å². The first kappa shape index (κ1) is 8.50. The molecular weight excluding hydrogens is 182 g/mol. The topological polar surface area (TPSA) is 65.5 Å². The Morgan fingerprint density at radius 1 is 1.36 bits per heavy atom. The van der Waals surface area contributed by atoms with Crippen molar-refractivity contribution >= 4 is 17.2 Å². The minimum Gasteiger partial charge on any atom is -0.469 e. The molecule has 0 spiro atoms. The van der Waals surface area contributed by atoms with Crippen LogP contribution in [0.2, 0.25) is 0 Å². The Hall–Kier alpha value is -2.10. The summed E-state index contributed by atoms with van der Waals surface area (Å²) in [5.41, 5.74) is 0.668. The summed E-state index contributed by atoms with van der Waals surface area (Å²) < 4.78 is 5.20. The molecule has 0 aliphatic carbocycles. The zero-order valence-corrected chi connectivity index (χ0v) is 7.23. The van der Waals surface area contributed by atoms with Crippen molar-refractivity contribution in [2.75, 3.05) is 0 Å². The van der Waals surface area contributed by atoms with Crippen molar-refractivity contribution in [3.63, 3.8) is 0 Å². The molecule has 0 aliphatic rings. The van der Waals surface area contributed by atoms with E-state index >= 15 is 0 Å². The quantitative estimate of drug-likeness (QED) is 0.380. The monoisotopic (exact) mass is 190 g/mol. The fourth-order valence-corrected chi connectivity index (χ4v) is 1.25. The fraction of sp³-hybridized carbons (Fsp3) is 0. The van der Waals surface area contributed by atoms with Crippen molar-refractivity contribution in [2.45, 2.75) is 0 Å². The highest BCUT2D eigenvalue weighted by Crippen LogP contribution is 2.09. The third-order valence-corrected chi connectivity index (χ3v) is 1.91. The highest BCUT2D eigenvalue weighted by Gasteiger charge is 2.04. The number of hydrogen-bond donors (Lipinski definition) is 0. The van der Waals surface area contributed by atoms with E-state index in [4.69, 9.17) is 9.62 Å². The molecule has 0 saturated carbocycles. The van der Waals surface area contributed by atoms with E-state index in [1.807, 2.05) is 0 Å². The summed E-state index contributed by atoms with van der Waals surface area (Å²) in [6, 6.07) is 6.96. The molecule has 4 nitrogen and oxygen atoms in total. The van der Waals surface area contributed by atoms with E-state index < -0.39 is 0 Å². The molecule has 2 aromatic rings. The molecule has 0 bridgehead atoms. The molecule has 4 heteroatoms. The van der Waals surface area contributed by atoms with Gasteiger partial charge < -0.3 is 9.62 Å². The minimum absolute atomic E-state index is 0.164. The molecule has 0 radical (unpaired) electrons. The van der Waals surface area contributed by atoms with Gasteiger partial charge in [0.05, 0.1) is 16.1 Å².